The van der Waals surface area contributed by atoms with Gasteiger partial charge in [0.15, 0.2) is 0 Å². The summed E-state index contributed by atoms with van der Waals surface area (Å²) in [4.78, 5) is 4.99. The Morgan fingerprint density at radius 1 is 0.490 bits per heavy atom. The lowest BCUT2D eigenvalue weighted by atomic mass is 9.70. The van der Waals surface area contributed by atoms with Crippen molar-refractivity contribution in [1.29, 1.82) is 0 Å². The highest BCUT2D eigenvalue weighted by molar-refractivity contribution is 7.26. The van der Waals surface area contributed by atoms with Gasteiger partial charge in [-0.15, -0.1) is 11.3 Å². The number of pyridine rings is 1. The van der Waals surface area contributed by atoms with Crippen LogP contribution in [0.25, 0.3) is 80.8 Å². The molecule has 0 aliphatic heterocycles. The van der Waals surface area contributed by atoms with Gasteiger partial charge < -0.3 is 4.57 Å². The minimum absolute atomic E-state index is 0.350. The van der Waals surface area contributed by atoms with Crippen molar-refractivity contribution in [2.45, 2.75) is 5.41 Å². The summed E-state index contributed by atoms with van der Waals surface area (Å²) in [6, 6.07) is 56.5. The second kappa shape index (κ2) is 9.10. The second-order valence-corrected chi connectivity index (χ2v) is 14.4. The van der Waals surface area contributed by atoms with Crippen molar-refractivity contribution in [2.24, 2.45) is 0 Å². The number of benzene rings is 7. The van der Waals surface area contributed by atoms with E-state index in [0.717, 1.165) is 5.52 Å². The van der Waals surface area contributed by atoms with E-state index < -0.39 is 0 Å². The molecule has 0 atom stereocenters. The summed E-state index contributed by atoms with van der Waals surface area (Å²) >= 11 is 1.85. The molecular formula is C46H26N2S. The first kappa shape index (κ1) is 26.0. The Kier molecular flexibility index (Phi) is 4.83. The van der Waals surface area contributed by atoms with Crippen LogP contribution < -0.4 is 0 Å². The smallest absolute Gasteiger partial charge is 0.0888 e. The SMILES string of the molecule is c1ccc2c(c1)-c1ccccc1C21c2ccccc2-c2cc(-n3c4ccccc4c4c5cccnc5c5sc6ccccc6c5c43)ccc21. The molecule has 49 heavy (non-hydrogen) atoms. The number of fused-ring (bicyclic) bond motifs is 20. The minimum atomic E-state index is -0.350. The summed E-state index contributed by atoms with van der Waals surface area (Å²) in [6.07, 6.45) is 1.93. The van der Waals surface area contributed by atoms with Crippen molar-refractivity contribution in [2.75, 3.05) is 0 Å². The van der Waals surface area contributed by atoms with E-state index in [1.54, 1.807) is 0 Å². The number of nitrogens with zero attached hydrogens (tertiary/aromatic N) is 2. The number of hydrogen-bond acceptors (Lipinski definition) is 2. The molecular weight excluding hydrogens is 613 g/mol. The van der Waals surface area contributed by atoms with Gasteiger partial charge in [0.2, 0.25) is 0 Å². The Balaban J connectivity index is 1.25. The quantitative estimate of drug-likeness (QED) is 0.175. The zero-order valence-electron chi connectivity index (χ0n) is 26.3. The molecule has 2 aliphatic carbocycles. The van der Waals surface area contributed by atoms with Crippen molar-refractivity contribution < 1.29 is 0 Å². The fraction of sp³-hybridized carbons (Fsp3) is 0.0217. The molecule has 10 aromatic rings. The first-order chi connectivity index (χ1) is 24.3. The van der Waals surface area contributed by atoms with Gasteiger partial charge in [-0.25, -0.2) is 0 Å². The third-order valence-corrected chi connectivity index (χ3v) is 12.4. The zero-order valence-corrected chi connectivity index (χ0v) is 27.1. The van der Waals surface area contributed by atoms with Crippen LogP contribution in [0, 0.1) is 0 Å². The molecule has 3 heterocycles. The Labute approximate surface area is 286 Å². The van der Waals surface area contributed by atoms with E-state index in [9.17, 15) is 0 Å². The van der Waals surface area contributed by atoms with E-state index in [1.165, 1.54) is 97.6 Å². The van der Waals surface area contributed by atoms with Crippen LogP contribution in [0.5, 0.6) is 0 Å². The zero-order chi connectivity index (χ0) is 31.8. The molecule has 3 aromatic heterocycles. The van der Waals surface area contributed by atoms with Gasteiger partial charge in [-0.05, 0) is 74.8 Å². The molecule has 0 unspecified atom stereocenters. The van der Waals surface area contributed by atoms with Crippen molar-refractivity contribution >= 4 is 64.2 Å². The highest BCUT2D eigenvalue weighted by Gasteiger charge is 2.51. The maximum atomic E-state index is 4.99. The van der Waals surface area contributed by atoms with Crippen LogP contribution in [-0.2, 0) is 5.41 Å². The molecule has 0 saturated carbocycles. The highest BCUT2D eigenvalue weighted by atomic mass is 32.1. The highest BCUT2D eigenvalue weighted by Crippen LogP contribution is 2.63. The van der Waals surface area contributed by atoms with E-state index in [1.807, 2.05) is 17.5 Å². The topological polar surface area (TPSA) is 17.8 Å². The average molecular weight is 639 g/mol. The Bertz CT molecular complexity index is 3020. The lowest BCUT2D eigenvalue weighted by Gasteiger charge is -2.30. The van der Waals surface area contributed by atoms with Gasteiger partial charge in [0.1, 0.15) is 0 Å². The fourth-order valence-electron chi connectivity index (χ4n) is 9.48. The molecule has 2 aliphatic rings. The second-order valence-electron chi connectivity index (χ2n) is 13.4. The minimum Gasteiger partial charge on any atom is -0.309 e. The molecule has 226 valence electrons. The van der Waals surface area contributed by atoms with E-state index >= 15 is 0 Å². The summed E-state index contributed by atoms with van der Waals surface area (Å²) in [5.41, 5.74) is 15.1. The maximum Gasteiger partial charge on any atom is 0.0888 e. The van der Waals surface area contributed by atoms with Crippen molar-refractivity contribution in [1.82, 2.24) is 9.55 Å². The van der Waals surface area contributed by atoms with Gasteiger partial charge in [0.05, 0.1) is 26.7 Å². The number of rotatable bonds is 1. The van der Waals surface area contributed by atoms with Gasteiger partial charge in [0, 0.05) is 43.5 Å². The number of hydrogen-bond donors (Lipinski definition) is 0. The van der Waals surface area contributed by atoms with Gasteiger partial charge >= 0.3 is 0 Å². The van der Waals surface area contributed by atoms with E-state index in [4.69, 9.17) is 4.98 Å². The Hall–Kier alpha value is -6.03. The summed E-state index contributed by atoms with van der Waals surface area (Å²) in [5.74, 6) is 0. The summed E-state index contributed by atoms with van der Waals surface area (Å²) < 4.78 is 5.07. The molecule has 1 spiro atoms. The molecule has 0 amide bonds. The van der Waals surface area contributed by atoms with E-state index in [2.05, 4.69) is 156 Å². The molecule has 0 fully saturated rings. The average Bonchev–Trinajstić information content (AvgIpc) is 3.89. The maximum absolute atomic E-state index is 4.99. The van der Waals surface area contributed by atoms with Crippen molar-refractivity contribution in [3.05, 3.63) is 180 Å². The standard InChI is InChI=1S/C46H26N2S/c1-6-18-35-28(12-1)29-13-2-7-19-36(29)46(35)37-20-8-3-14-30(37)34-26-27(23-24-38(34)46)48-39-21-9-4-15-31(39)41-33-17-11-25-47-43(33)45-42(44(41)48)32-16-5-10-22-40(32)49-45/h1-26H. The van der Waals surface area contributed by atoms with Gasteiger partial charge in [0.25, 0.3) is 0 Å². The normalized spacial score (nSPS) is 13.9. The molecule has 7 aromatic carbocycles. The van der Waals surface area contributed by atoms with Gasteiger partial charge in [-0.3, -0.25) is 4.98 Å². The monoisotopic (exact) mass is 638 g/mol. The number of aromatic nitrogens is 2. The molecule has 0 bridgehead atoms. The number of thiophene rings is 1. The van der Waals surface area contributed by atoms with Gasteiger partial charge in [-0.2, -0.15) is 0 Å². The van der Waals surface area contributed by atoms with Crippen LogP contribution in [-0.4, -0.2) is 9.55 Å². The van der Waals surface area contributed by atoms with Crippen LogP contribution in [0.2, 0.25) is 0 Å². The molecule has 0 N–H and O–H groups in total. The third kappa shape index (κ3) is 3.02. The predicted octanol–water partition coefficient (Wildman–Crippen LogP) is 12.0. The Morgan fingerprint density at radius 2 is 1.08 bits per heavy atom. The lowest BCUT2D eigenvalue weighted by molar-refractivity contribution is 0.793. The van der Waals surface area contributed by atoms with Gasteiger partial charge in [-0.1, -0.05) is 121 Å². The molecule has 12 rings (SSSR count). The Morgan fingerprint density at radius 3 is 1.84 bits per heavy atom. The van der Waals surface area contributed by atoms with Crippen LogP contribution in [0.1, 0.15) is 22.3 Å². The van der Waals surface area contributed by atoms with Crippen LogP contribution in [0.4, 0.5) is 0 Å². The third-order valence-electron chi connectivity index (χ3n) is 11.2. The molecule has 0 radical (unpaired) electrons. The number of para-hydroxylation sites is 1. The summed E-state index contributed by atoms with van der Waals surface area (Å²) in [6.45, 7) is 0. The van der Waals surface area contributed by atoms with Crippen LogP contribution >= 0.6 is 11.3 Å². The molecule has 3 heteroatoms. The van der Waals surface area contributed by atoms with E-state index in [0.29, 0.717) is 0 Å². The van der Waals surface area contributed by atoms with Crippen molar-refractivity contribution in [3.63, 3.8) is 0 Å². The summed E-state index contributed by atoms with van der Waals surface area (Å²) in [5, 5.41) is 6.30. The lowest BCUT2D eigenvalue weighted by Crippen LogP contribution is -2.25. The van der Waals surface area contributed by atoms with Crippen molar-refractivity contribution in [3.8, 4) is 27.9 Å². The first-order valence-corrected chi connectivity index (χ1v) is 17.7. The van der Waals surface area contributed by atoms with Crippen LogP contribution in [0.3, 0.4) is 0 Å². The van der Waals surface area contributed by atoms with E-state index in [-0.39, 0.29) is 5.41 Å². The first-order valence-electron chi connectivity index (χ1n) is 16.9. The largest absolute Gasteiger partial charge is 0.309 e. The fourth-order valence-corrected chi connectivity index (χ4v) is 10.7. The predicted molar refractivity (Wildman–Crippen MR) is 205 cm³/mol. The molecule has 0 saturated heterocycles. The van der Waals surface area contributed by atoms with Crippen LogP contribution in [0.15, 0.2) is 158 Å². The summed E-state index contributed by atoms with van der Waals surface area (Å²) in [7, 11) is 0. The molecule has 2 nitrogen and oxygen atoms in total.